The van der Waals surface area contributed by atoms with Crippen LogP contribution in [0.3, 0.4) is 0 Å². The van der Waals surface area contributed by atoms with Gasteiger partial charge in [-0.2, -0.15) is 4.98 Å². The summed E-state index contributed by atoms with van der Waals surface area (Å²) in [6.45, 7) is 0. The predicted molar refractivity (Wildman–Crippen MR) is 56.9 cm³/mol. The van der Waals surface area contributed by atoms with E-state index in [1.807, 2.05) is 36.1 Å². The first-order chi connectivity index (χ1) is 8.15. The van der Waals surface area contributed by atoms with E-state index in [1.165, 1.54) is 0 Å². The average Bonchev–Trinajstić information content (AvgIpc) is 2.76. The third-order valence-electron chi connectivity index (χ3n) is 2.26. The van der Waals surface area contributed by atoms with Crippen molar-refractivity contribution in [3.63, 3.8) is 0 Å². The van der Waals surface area contributed by atoms with Gasteiger partial charge in [0.25, 0.3) is 0 Å². The van der Waals surface area contributed by atoms with E-state index in [0.717, 1.165) is 5.56 Å². The molecule has 0 saturated heterocycles. The fourth-order valence-corrected chi connectivity index (χ4v) is 1.34. The van der Waals surface area contributed by atoms with Crippen molar-refractivity contribution in [2.45, 2.75) is 12.8 Å². The molecule has 6 nitrogen and oxygen atoms in total. The largest absolute Gasteiger partial charge is 0.481 e. The summed E-state index contributed by atoms with van der Waals surface area (Å²) in [7, 11) is 1.91. The first-order valence-electron chi connectivity index (χ1n) is 5.15. The quantitative estimate of drug-likeness (QED) is 0.782. The average molecular weight is 234 g/mol. The van der Waals surface area contributed by atoms with Crippen molar-refractivity contribution in [2.24, 2.45) is 7.05 Å². The van der Waals surface area contributed by atoms with E-state index in [9.17, 15) is 4.79 Å². The molecule has 2 rings (SSSR count). The van der Waals surface area contributed by atoms with Gasteiger partial charge in [0.15, 0.2) is 12.4 Å². The molecule has 0 spiro atoms. The lowest BCUT2D eigenvalue weighted by Gasteiger charge is -1.90. The maximum Gasteiger partial charge on any atom is 0.303 e. The van der Waals surface area contributed by atoms with E-state index >= 15 is 0 Å². The molecule has 0 bridgehead atoms. The number of hydrogen-bond donors (Lipinski definition) is 1. The van der Waals surface area contributed by atoms with Crippen molar-refractivity contribution in [2.75, 3.05) is 0 Å². The molecule has 0 atom stereocenters. The molecule has 0 amide bonds. The Morgan fingerprint density at radius 3 is 2.82 bits per heavy atom. The van der Waals surface area contributed by atoms with Crippen LogP contribution in [0.4, 0.5) is 0 Å². The molecule has 88 valence electrons. The molecule has 0 fully saturated rings. The molecule has 1 N–H and O–H groups in total. The number of carboxylic acids is 1. The molecule has 0 aromatic carbocycles. The summed E-state index contributed by atoms with van der Waals surface area (Å²) < 4.78 is 6.87. The third kappa shape index (κ3) is 2.87. The van der Waals surface area contributed by atoms with Crippen LogP contribution in [0, 0.1) is 0 Å². The minimum Gasteiger partial charge on any atom is -0.481 e. The predicted octanol–water partition coefficient (Wildman–Crippen LogP) is 0.578. The first kappa shape index (κ1) is 11.3. The highest BCUT2D eigenvalue weighted by Gasteiger charge is 2.10. The number of aliphatic carboxylic acids is 1. The monoisotopic (exact) mass is 234 g/mol. The molecule has 2 aromatic heterocycles. The van der Waals surface area contributed by atoms with Crippen LogP contribution in [-0.4, -0.2) is 21.2 Å². The van der Waals surface area contributed by atoms with E-state index < -0.39 is 5.97 Å². The highest BCUT2D eigenvalue weighted by molar-refractivity contribution is 5.66. The molecule has 0 aliphatic carbocycles. The number of aryl methyl sites for hydroxylation is 2. The maximum absolute atomic E-state index is 10.4. The Balaban J connectivity index is 2.12. The van der Waals surface area contributed by atoms with Crippen LogP contribution in [0.5, 0.6) is 0 Å². The first-order valence-corrected chi connectivity index (χ1v) is 5.15. The highest BCUT2D eigenvalue weighted by atomic mass is 16.5. The Bertz CT molecular complexity index is 519. The Hall–Kier alpha value is -2.24. The Morgan fingerprint density at radius 2 is 2.18 bits per heavy atom. The maximum atomic E-state index is 10.4. The van der Waals surface area contributed by atoms with Crippen LogP contribution >= 0.6 is 0 Å². The molecule has 0 saturated carbocycles. The standard InChI is InChI=1S/C11H11N3O3/c1-14-6-4-8(5-7-14)11-12-9(17-13-11)2-3-10(15)16/h4-7H,2-3H2,1H3/p+1. The molecule has 6 heteroatoms. The number of carbonyl (C=O) groups is 1. The van der Waals surface area contributed by atoms with Crippen LogP contribution in [0.2, 0.25) is 0 Å². The summed E-state index contributed by atoms with van der Waals surface area (Å²) >= 11 is 0. The minimum absolute atomic E-state index is 0.00855. The topological polar surface area (TPSA) is 80.1 Å². The smallest absolute Gasteiger partial charge is 0.303 e. The van der Waals surface area contributed by atoms with Crippen molar-refractivity contribution >= 4 is 5.97 Å². The zero-order valence-electron chi connectivity index (χ0n) is 9.33. The number of nitrogens with zero attached hydrogens (tertiary/aromatic N) is 3. The second kappa shape index (κ2) is 4.73. The molecular weight excluding hydrogens is 222 g/mol. The zero-order chi connectivity index (χ0) is 12.3. The second-order valence-electron chi connectivity index (χ2n) is 3.66. The van der Waals surface area contributed by atoms with Crippen molar-refractivity contribution in [3.05, 3.63) is 30.4 Å². The zero-order valence-corrected chi connectivity index (χ0v) is 9.33. The van der Waals surface area contributed by atoms with Crippen LogP contribution in [0.1, 0.15) is 12.3 Å². The third-order valence-corrected chi connectivity index (χ3v) is 2.26. The van der Waals surface area contributed by atoms with Crippen molar-refractivity contribution < 1.29 is 19.0 Å². The van der Waals surface area contributed by atoms with Crippen molar-refractivity contribution in [3.8, 4) is 11.4 Å². The van der Waals surface area contributed by atoms with Gasteiger partial charge in [0.2, 0.25) is 11.7 Å². The molecule has 0 aliphatic heterocycles. The second-order valence-corrected chi connectivity index (χ2v) is 3.66. The highest BCUT2D eigenvalue weighted by Crippen LogP contribution is 2.14. The lowest BCUT2D eigenvalue weighted by atomic mass is 10.2. The molecule has 2 aromatic rings. The van der Waals surface area contributed by atoms with Gasteiger partial charge >= 0.3 is 5.97 Å². The van der Waals surface area contributed by atoms with Gasteiger partial charge in [0, 0.05) is 24.1 Å². The molecule has 0 radical (unpaired) electrons. The van der Waals surface area contributed by atoms with Gasteiger partial charge in [-0.3, -0.25) is 4.79 Å². The van der Waals surface area contributed by atoms with Gasteiger partial charge in [0.05, 0.1) is 6.42 Å². The normalized spacial score (nSPS) is 10.4. The van der Waals surface area contributed by atoms with Gasteiger partial charge in [-0.1, -0.05) is 5.16 Å². The number of carboxylic acid groups (broad SMARTS) is 1. The fourth-order valence-electron chi connectivity index (χ4n) is 1.34. The SMILES string of the molecule is C[n+]1ccc(-c2noc(CCC(=O)O)n2)cc1. The van der Waals surface area contributed by atoms with Crippen molar-refractivity contribution in [1.29, 1.82) is 0 Å². The number of aromatic nitrogens is 3. The summed E-state index contributed by atoms with van der Waals surface area (Å²) in [6.07, 6.45) is 4.00. The summed E-state index contributed by atoms with van der Waals surface area (Å²) in [4.78, 5) is 14.5. The van der Waals surface area contributed by atoms with E-state index in [-0.39, 0.29) is 12.8 Å². The fraction of sp³-hybridized carbons (Fsp3) is 0.273. The molecule has 0 aliphatic rings. The van der Waals surface area contributed by atoms with E-state index in [1.54, 1.807) is 0 Å². The number of pyridine rings is 1. The van der Waals surface area contributed by atoms with E-state index in [4.69, 9.17) is 9.63 Å². The summed E-state index contributed by atoms with van der Waals surface area (Å²) in [5, 5.41) is 12.3. The van der Waals surface area contributed by atoms with Crippen molar-refractivity contribution in [1.82, 2.24) is 10.1 Å². The van der Waals surface area contributed by atoms with Gasteiger partial charge in [-0.05, 0) is 0 Å². The molecule has 17 heavy (non-hydrogen) atoms. The molecule has 2 heterocycles. The Labute approximate surface area is 97.5 Å². The van der Waals surface area contributed by atoms with Crippen LogP contribution < -0.4 is 4.57 Å². The summed E-state index contributed by atoms with van der Waals surface area (Å²) in [5.74, 6) is -0.0573. The van der Waals surface area contributed by atoms with E-state index in [2.05, 4.69) is 10.1 Å². The van der Waals surface area contributed by atoms with Crippen LogP contribution in [0.25, 0.3) is 11.4 Å². The summed E-state index contributed by atoms with van der Waals surface area (Å²) in [6, 6.07) is 3.73. The Morgan fingerprint density at radius 1 is 1.47 bits per heavy atom. The van der Waals surface area contributed by atoms with Gasteiger partial charge in [0.1, 0.15) is 7.05 Å². The van der Waals surface area contributed by atoms with Gasteiger partial charge in [-0.15, -0.1) is 0 Å². The lowest BCUT2D eigenvalue weighted by molar-refractivity contribution is -0.671. The van der Waals surface area contributed by atoms with Gasteiger partial charge in [-0.25, -0.2) is 4.57 Å². The minimum atomic E-state index is -0.878. The number of rotatable bonds is 4. The van der Waals surface area contributed by atoms with Gasteiger partial charge < -0.3 is 9.63 Å². The van der Waals surface area contributed by atoms with Crippen LogP contribution in [-0.2, 0) is 18.3 Å². The molecule has 0 unspecified atom stereocenters. The summed E-state index contributed by atoms with van der Waals surface area (Å²) in [5.41, 5.74) is 0.841. The number of hydrogen-bond acceptors (Lipinski definition) is 4. The Kier molecular flexibility index (Phi) is 3.13. The molecular formula is C11H12N3O3+. The van der Waals surface area contributed by atoms with Crippen LogP contribution in [0.15, 0.2) is 29.0 Å². The lowest BCUT2D eigenvalue weighted by Crippen LogP contribution is -2.25. The van der Waals surface area contributed by atoms with E-state index in [0.29, 0.717) is 11.7 Å².